The van der Waals surface area contributed by atoms with Gasteiger partial charge in [-0.15, -0.1) is 0 Å². The molecule has 0 bridgehead atoms. The number of hydrogen-bond donors (Lipinski definition) is 5. The third-order valence-electron chi connectivity index (χ3n) is 5.31. The SMILES string of the molecule is COc1cc(Cl)cc(C(N/C=C(\C=N)NC(=O)c2nc(C)cnc2N)C2CCNCC2)c1. The number of aromatic nitrogens is 2. The van der Waals surface area contributed by atoms with E-state index in [4.69, 9.17) is 27.5 Å². The van der Waals surface area contributed by atoms with Gasteiger partial charge in [0.15, 0.2) is 11.5 Å². The second kappa shape index (κ2) is 10.9. The Kier molecular flexibility index (Phi) is 8.02. The molecule has 9 nitrogen and oxygen atoms in total. The average molecular weight is 458 g/mol. The van der Waals surface area contributed by atoms with Gasteiger partial charge in [0.2, 0.25) is 0 Å². The van der Waals surface area contributed by atoms with Gasteiger partial charge < -0.3 is 31.8 Å². The van der Waals surface area contributed by atoms with Crippen LogP contribution >= 0.6 is 11.6 Å². The van der Waals surface area contributed by atoms with E-state index in [-0.39, 0.29) is 23.3 Å². The predicted molar refractivity (Wildman–Crippen MR) is 125 cm³/mol. The summed E-state index contributed by atoms with van der Waals surface area (Å²) in [7, 11) is 1.60. The Bertz CT molecular complexity index is 1010. The van der Waals surface area contributed by atoms with Gasteiger partial charge in [0, 0.05) is 17.4 Å². The molecule has 6 N–H and O–H groups in total. The van der Waals surface area contributed by atoms with Gasteiger partial charge in [-0.1, -0.05) is 11.6 Å². The molecule has 32 heavy (non-hydrogen) atoms. The van der Waals surface area contributed by atoms with Gasteiger partial charge in [0.05, 0.1) is 30.7 Å². The molecule has 170 valence electrons. The molecule has 2 heterocycles. The molecule has 1 atom stereocenters. The topological polar surface area (TPSA) is 138 Å². The van der Waals surface area contributed by atoms with Gasteiger partial charge in [0.1, 0.15) is 5.75 Å². The molecule has 1 unspecified atom stereocenters. The molecule has 0 aliphatic carbocycles. The quantitative estimate of drug-likeness (QED) is 0.384. The maximum atomic E-state index is 12.6. The molecule has 10 heteroatoms. The molecular formula is C22H28ClN7O2. The van der Waals surface area contributed by atoms with Crippen molar-refractivity contribution >= 4 is 29.5 Å². The standard InChI is InChI=1S/C22H28ClN7O2/c1-13-11-28-21(25)20(29-13)22(31)30-17(10-24)12-27-19(14-3-5-26-6-4-14)15-7-16(23)9-18(8-15)32-2/h7-12,14,19,24,26-27H,3-6H2,1-2H3,(H2,25,28)(H,30,31)/b17-12+,24-10?. The predicted octanol–water partition coefficient (Wildman–Crippen LogP) is 2.58. The molecule has 1 aromatic heterocycles. The lowest BCUT2D eigenvalue weighted by molar-refractivity contribution is 0.0963. The Morgan fingerprint density at radius 1 is 1.38 bits per heavy atom. The number of halogens is 1. The second-order valence-corrected chi connectivity index (χ2v) is 8.04. The number of nitrogens with one attached hydrogen (secondary N) is 4. The Morgan fingerprint density at radius 3 is 2.81 bits per heavy atom. The molecule has 3 rings (SSSR count). The van der Waals surface area contributed by atoms with Crippen molar-refractivity contribution in [3.05, 3.63) is 58.3 Å². The van der Waals surface area contributed by atoms with Crippen molar-refractivity contribution in [3.63, 3.8) is 0 Å². The maximum Gasteiger partial charge on any atom is 0.278 e. The first-order valence-corrected chi connectivity index (χ1v) is 10.7. The van der Waals surface area contributed by atoms with E-state index >= 15 is 0 Å². The normalized spacial score (nSPS) is 15.7. The number of nitrogen functional groups attached to an aromatic ring is 1. The number of nitrogens with zero attached hydrogens (tertiary/aromatic N) is 2. The highest BCUT2D eigenvalue weighted by Crippen LogP contribution is 2.33. The van der Waals surface area contributed by atoms with E-state index in [0.29, 0.717) is 22.4 Å². The Balaban J connectivity index is 1.84. The number of allylic oxidation sites excluding steroid dienone is 1. The van der Waals surface area contributed by atoms with Crippen LogP contribution in [-0.4, -0.2) is 42.3 Å². The van der Waals surface area contributed by atoms with Crippen molar-refractivity contribution in [2.45, 2.75) is 25.8 Å². The zero-order chi connectivity index (χ0) is 23.1. The summed E-state index contributed by atoms with van der Waals surface area (Å²) in [6.07, 6.45) is 6.11. The number of benzene rings is 1. The van der Waals surface area contributed by atoms with E-state index < -0.39 is 5.91 Å². The number of aryl methyl sites for hydroxylation is 1. The van der Waals surface area contributed by atoms with Gasteiger partial charge in [-0.3, -0.25) is 4.79 Å². The Hall–Kier alpha value is -3.17. The van der Waals surface area contributed by atoms with Crippen LogP contribution in [0.1, 0.15) is 40.6 Å². The number of nitrogens with two attached hydrogens (primary N) is 1. The highest BCUT2D eigenvalue weighted by Gasteiger charge is 2.25. The number of ether oxygens (including phenoxy) is 1. The molecule has 1 aliphatic heterocycles. The summed E-state index contributed by atoms with van der Waals surface area (Å²) in [6, 6.07) is 5.53. The summed E-state index contributed by atoms with van der Waals surface area (Å²) in [6.45, 7) is 3.56. The summed E-state index contributed by atoms with van der Waals surface area (Å²) in [4.78, 5) is 20.7. The van der Waals surface area contributed by atoms with Gasteiger partial charge in [0.25, 0.3) is 5.91 Å². The minimum absolute atomic E-state index is 0.0206. The van der Waals surface area contributed by atoms with Crippen LogP contribution < -0.4 is 26.4 Å². The lowest BCUT2D eigenvalue weighted by Crippen LogP contribution is -2.35. The maximum absolute atomic E-state index is 12.6. The lowest BCUT2D eigenvalue weighted by Gasteiger charge is -2.32. The summed E-state index contributed by atoms with van der Waals surface area (Å²) >= 11 is 6.31. The fourth-order valence-electron chi connectivity index (χ4n) is 3.70. The number of amides is 1. The molecule has 1 saturated heterocycles. The largest absolute Gasteiger partial charge is 0.497 e. The van der Waals surface area contributed by atoms with Crippen molar-refractivity contribution in [2.75, 3.05) is 25.9 Å². The third kappa shape index (κ3) is 5.95. The van der Waals surface area contributed by atoms with Crippen molar-refractivity contribution in [1.29, 1.82) is 5.41 Å². The lowest BCUT2D eigenvalue weighted by atomic mass is 9.86. The third-order valence-corrected chi connectivity index (χ3v) is 5.53. The van der Waals surface area contributed by atoms with E-state index in [2.05, 4.69) is 25.9 Å². The van der Waals surface area contributed by atoms with Gasteiger partial charge in [-0.2, -0.15) is 0 Å². The number of carbonyl (C=O) groups is 1. The number of methoxy groups -OCH3 is 1. The number of anilines is 1. The van der Waals surface area contributed by atoms with Crippen molar-refractivity contribution in [2.24, 2.45) is 5.92 Å². The van der Waals surface area contributed by atoms with Crippen molar-refractivity contribution in [1.82, 2.24) is 25.9 Å². The minimum atomic E-state index is -0.530. The monoisotopic (exact) mass is 457 g/mol. The summed E-state index contributed by atoms with van der Waals surface area (Å²) in [5, 5.41) is 17.7. The van der Waals surface area contributed by atoms with Crippen LogP contribution in [0.4, 0.5) is 5.82 Å². The van der Waals surface area contributed by atoms with Crippen LogP contribution in [0.3, 0.4) is 0 Å². The minimum Gasteiger partial charge on any atom is -0.497 e. The molecule has 0 saturated carbocycles. The van der Waals surface area contributed by atoms with E-state index in [1.807, 2.05) is 12.1 Å². The van der Waals surface area contributed by atoms with E-state index in [0.717, 1.165) is 37.7 Å². The molecule has 1 amide bonds. The summed E-state index contributed by atoms with van der Waals surface area (Å²) in [5.74, 6) is 0.505. The van der Waals surface area contributed by atoms with E-state index in [1.165, 1.54) is 6.20 Å². The second-order valence-electron chi connectivity index (χ2n) is 7.60. The Labute approximate surface area is 192 Å². The highest BCUT2D eigenvalue weighted by atomic mass is 35.5. The molecular weight excluding hydrogens is 430 g/mol. The molecule has 1 fully saturated rings. The molecule has 2 aromatic rings. The van der Waals surface area contributed by atoms with Crippen LogP contribution in [0, 0.1) is 18.3 Å². The first-order valence-electron chi connectivity index (χ1n) is 10.3. The van der Waals surface area contributed by atoms with E-state index in [1.54, 1.807) is 26.3 Å². The summed E-state index contributed by atoms with van der Waals surface area (Å²) in [5.41, 5.74) is 7.62. The number of carbonyl (C=O) groups excluding carboxylic acids is 1. The Morgan fingerprint density at radius 2 is 2.12 bits per heavy atom. The smallest absolute Gasteiger partial charge is 0.278 e. The number of rotatable bonds is 8. The number of hydrogen-bond acceptors (Lipinski definition) is 8. The van der Waals surface area contributed by atoms with Crippen molar-refractivity contribution < 1.29 is 9.53 Å². The molecule has 1 aliphatic rings. The van der Waals surface area contributed by atoms with Gasteiger partial charge in [-0.25, -0.2) is 9.97 Å². The zero-order valence-corrected chi connectivity index (χ0v) is 18.9. The molecule has 0 radical (unpaired) electrons. The van der Waals surface area contributed by atoms with Crippen LogP contribution in [0.2, 0.25) is 5.02 Å². The molecule has 0 spiro atoms. The van der Waals surface area contributed by atoms with Crippen LogP contribution in [-0.2, 0) is 0 Å². The van der Waals surface area contributed by atoms with Crippen LogP contribution in [0.15, 0.2) is 36.3 Å². The zero-order valence-electron chi connectivity index (χ0n) is 18.1. The fraction of sp³-hybridized carbons (Fsp3) is 0.364. The first-order chi connectivity index (χ1) is 15.4. The van der Waals surface area contributed by atoms with Crippen LogP contribution in [0.25, 0.3) is 0 Å². The number of piperidine rings is 1. The van der Waals surface area contributed by atoms with Crippen molar-refractivity contribution in [3.8, 4) is 5.75 Å². The summed E-state index contributed by atoms with van der Waals surface area (Å²) < 4.78 is 5.38. The highest BCUT2D eigenvalue weighted by molar-refractivity contribution is 6.30. The van der Waals surface area contributed by atoms with E-state index in [9.17, 15) is 4.79 Å². The average Bonchev–Trinajstić information content (AvgIpc) is 2.80. The fourth-order valence-corrected chi connectivity index (χ4v) is 3.93. The van der Waals surface area contributed by atoms with Gasteiger partial charge >= 0.3 is 0 Å². The molecule has 1 aromatic carbocycles. The van der Waals surface area contributed by atoms with Gasteiger partial charge in [-0.05, 0) is 62.5 Å². The van der Waals surface area contributed by atoms with Crippen LogP contribution in [0.5, 0.6) is 5.75 Å². The first kappa shape index (κ1) is 23.5.